The Morgan fingerprint density at radius 1 is 0.966 bits per heavy atom. The van der Waals surface area contributed by atoms with Crippen molar-refractivity contribution in [2.24, 2.45) is 5.92 Å². The zero-order valence-corrected chi connectivity index (χ0v) is 31.6. The number of aromatic amines is 1. The second kappa shape index (κ2) is 15.1. The number of benzene rings is 3. The molecule has 8 atom stereocenters. The molecule has 1 amide bonds. The molecule has 1 saturated carbocycles. The molecule has 59 heavy (non-hydrogen) atoms. The number of carbonyl (C=O) groups excluding carboxylic acids is 1. The number of hydrogen-bond donors (Lipinski definition) is 10. The molecule has 4 aliphatic rings. The van der Waals surface area contributed by atoms with Crippen molar-refractivity contribution in [3.8, 4) is 23.0 Å². The van der Waals surface area contributed by atoms with Crippen LogP contribution in [0.5, 0.6) is 23.0 Å². The molecular weight excluding hydrogens is 766 g/mol. The van der Waals surface area contributed by atoms with E-state index in [0.29, 0.717) is 36.0 Å². The monoisotopic (exact) mass is 811 g/mol. The number of hydrogen-bond acceptors (Lipinski definition) is 13. The zero-order valence-electron chi connectivity index (χ0n) is 31.6. The predicted octanol–water partition coefficient (Wildman–Crippen LogP) is 2.67. The SMILES string of the molecule is O=C(/C=C/c1ccc(O)c(Cc2cnc[nH]2)c1)N1c2cc(O[C@]3(O)O[C@H](CO)[C@@H](O)[C@H](O)[C@H]3O)c(O)cc2[C@H]2[C@H](C3(c4ccccc4O)CCCCC3)C=C[C@]21C(=O)O. The predicted molar refractivity (Wildman–Crippen MR) is 208 cm³/mol. The number of H-pyrrole nitrogens is 1. The van der Waals surface area contributed by atoms with Crippen LogP contribution in [0.2, 0.25) is 0 Å². The number of anilines is 1. The van der Waals surface area contributed by atoms with Crippen LogP contribution < -0.4 is 9.64 Å². The molecule has 0 bridgehead atoms. The topological polar surface area (TPSA) is 267 Å². The van der Waals surface area contributed by atoms with E-state index >= 15 is 0 Å². The van der Waals surface area contributed by atoms with Crippen molar-refractivity contribution < 1.29 is 65.0 Å². The number of aliphatic carboxylic acids is 1. The van der Waals surface area contributed by atoms with Crippen LogP contribution in [0.25, 0.3) is 6.08 Å². The maximum Gasteiger partial charge on any atom is 0.355 e. The number of ether oxygens (including phenoxy) is 2. The highest BCUT2D eigenvalue weighted by atomic mass is 16.8. The molecule has 1 aromatic heterocycles. The molecule has 3 aromatic carbocycles. The van der Waals surface area contributed by atoms with Crippen LogP contribution in [0.3, 0.4) is 0 Å². The van der Waals surface area contributed by atoms with Gasteiger partial charge in [0.2, 0.25) is 0 Å². The van der Waals surface area contributed by atoms with Crippen molar-refractivity contribution in [1.29, 1.82) is 0 Å². The van der Waals surface area contributed by atoms with Gasteiger partial charge >= 0.3 is 11.9 Å². The van der Waals surface area contributed by atoms with Gasteiger partial charge in [-0.05, 0) is 60.2 Å². The average Bonchev–Trinajstić information content (AvgIpc) is 3.95. The highest BCUT2D eigenvalue weighted by Gasteiger charge is 2.66. The van der Waals surface area contributed by atoms with Crippen molar-refractivity contribution in [3.63, 3.8) is 0 Å². The highest BCUT2D eigenvalue weighted by Crippen LogP contribution is 2.64. The lowest BCUT2D eigenvalue weighted by atomic mass is 9.57. The summed E-state index contributed by atoms with van der Waals surface area (Å²) in [6, 6.07) is 14.0. The fraction of sp³-hybridized carbons (Fsp3) is 0.372. The number of aromatic nitrogens is 2. The Labute approximate surface area is 337 Å². The first kappa shape index (κ1) is 40.0. The van der Waals surface area contributed by atoms with Gasteiger partial charge in [-0.2, -0.15) is 0 Å². The zero-order chi connectivity index (χ0) is 41.9. The number of allylic oxidation sites excluding steroid dienone is 1. The third-order valence-electron chi connectivity index (χ3n) is 12.5. The fourth-order valence-corrected chi connectivity index (χ4v) is 9.69. The van der Waals surface area contributed by atoms with Gasteiger partial charge in [0, 0.05) is 52.9 Å². The molecule has 2 fully saturated rings. The molecule has 310 valence electrons. The lowest BCUT2D eigenvalue weighted by molar-refractivity contribution is -0.422. The number of carboxylic acid groups (broad SMARTS) is 1. The molecule has 10 N–H and O–H groups in total. The molecule has 8 rings (SSSR count). The summed E-state index contributed by atoms with van der Waals surface area (Å²) in [6.45, 7) is -0.900. The van der Waals surface area contributed by atoms with Gasteiger partial charge in [-0.25, -0.2) is 9.78 Å². The van der Waals surface area contributed by atoms with Gasteiger partial charge < -0.3 is 60.4 Å². The van der Waals surface area contributed by atoms with Crippen LogP contribution in [0.4, 0.5) is 5.69 Å². The lowest BCUT2D eigenvalue weighted by Crippen LogP contribution is -2.67. The molecule has 0 unspecified atom stereocenters. The number of nitrogens with one attached hydrogen (secondary N) is 1. The Morgan fingerprint density at radius 3 is 2.42 bits per heavy atom. The van der Waals surface area contributed by atoms with E-state index in [1.807, 2.05) is 6.07 Å². The summed E-state index contributed by atoms with van der Waals surface area (Å²) in [7, 11) is 0. The van der Waals surface area contributed by atoms with Crippen LogP contribution in [0.1, 0.15) is 66.0 Å². The number of nitrogens with zero attached hydrogens (tertiary/aromatic N) is 2. The van der Waals surface area contributed by atoms with Gasteiger partial charge in [-0.15, -0.1) is 0 Å². The van der Waals surface area contributed by atoms with E-state index in [9.17, 15) is 55.5 Å². The Bertz CT molecular complexity index is 2310. The van der Waals surface area contributed by atoms with E-state index in [-0.39, 0.29) is 22.7 Å². The number of para-hydroxylation sites is 1. The van der Waals surface area contributed by atoms with Gasteiger partial charge in [-0.1, -0.05) is 55.7 Å². The molecular formula is C43H45N3O13. The number of carboxylic acids is 1. The minimum absolute atomic E-state index is 0.0147. The minimum atomic E-state index is -3.14. The van der Waals surface area contributed by atoms with Crippen molar-refractivity contribution >= 4 is 23.6 Å². The maximum atomic E-state index is 14.7. The summed E-state index contributed by atoms with van der Waals surface area (Å²) in [5.74, 6) is -8.17. The van der Waals surface area contributed by atoms with Gasteiger partial charge in [0.05, 0.1) is 18.6 Å². The third-order valence-corrected chi connectivity index (χ3v) is 12.5. The smallest absolute Gasteiger partial charge is 0.355 e. The summed E-state index contributed by atoms with van der Waals surface area (Å²) in [5.41, 5.74) is -0.267. The number of amides is 1. The Hall–Kier alpha value is -5.75. The summed E-state index contributed by atoms with van der Waals surface area (Å²) in [4.78, 5) is 36.7. The summed E-state index contributed by atoms with van der Waals surface area (Å²) < 4.78 is 10.9. The van der Waals surface area contributed by atoms with Crippen molar-refractivity contribution in [1.82, 2.24) is 9.97 Å². The number of aromatic hydroxyl groups is 3. The average molecular weight is 812 g/mol. The minimum Gasteiger partial charge on any atom is -0.508 e. The van der Waals surface area contributed by atoms with Gasteiger partial charge in [0.1, 0.15) is 29.8 Å². The molecule has 3 heterocycles. The number of imidazole rings is 1. The number of aliphatic hydroxyl groups excluding tert-OH is 4. The van der Waals surface area contributed by atoms with E-state index in [1.165, 1.54) is 36.7 Å². The molecule has 0 spiro atoms. The van der Waals surface area contributed by atoms with Gasteiger partial charge in [-0.3, -0.25) is 9.69 Å². The Morgan fingerprint density at radius 2 is 1.73 bits per heavy atom. The number of carbonyl (C=O) groups is 2. The molecule has 0 radical (unpaired) electrons. The number of phenolic OH excluding ortho intramolecular Hbond substituents is 3. The number of rotatable bonds is 10. The quantitative estimate of drug-likeness (QED) is 0.0627. The second-order valence-corrected chi connectivity index (χ2v) is 15.8. The third kappa shape index (κ3) is 6.52. The molecule has 16 heteroatoms. The first-order chi connectivity index (χ1) is 28.2. The van der Waals surface area contributed by atoms with Crippen LogP contribution >= 0.6 is 0 Å². The Balaban J connectivity index is 1.25. The molecule has 4 aromatic rings. The van der Waals surface area contributed by atoms with Crippen molar-refractivity contribution in [2.75, 3.05) is 11.5 Å². The Kier molecular flexibility index (Phi) is 10.3. The molecule has 2 aliphatic heterocycles. The van der Waals surface area contributed by atoms with E-state index < -0.39 is 83.2 Å². The number of phenols is 3. The first-order valence-corrected chi connectivity index (χ1v) is 19.4. The lowest BCUT2D eigenvalue weighted by Gasteiger charge is -2.46. The van der Waals surface area contributed by atoms with Crippen molar-refractivity contribution in [2.45, 2.75) is 85.8 Å². The molecule has 2 aliphatic carbocycles. The van der Waals surface area contributed by atoms with E-state index in [0.717, 1.165) is 35.9 Å². The van der Waals surface area contributed by atoms with Crippen LogP contribution in [-0.2, 0) is 26.2 Å². The van der Waals surface area contributed by atoms with Gasteiger partial charge in [0.25, 0.3) is 5.91 Å². The summed E-state index contributed by atoms with van der Waals surface area (Å²) in [6.07, 6.45) is 5.18. The largest absolute Gasteiger partial charge is 0.508 e. The van der Waals surface area contributed by atoms with Crippen LogP contribution in [0.15, 0.2) is 85.3 Å². The van der Waals surface area contributed by atoms with E-state index in [4.69, 9.17) is 9.47 Å². The molecule has 1 saturated heterocycles. The normalized spacial score (nSPS) is 29.7. The number of aliphatic hydroxyl groups is 5. The number of fused-ring (bicyclic) bond motifs is 3. The standard InChI is InChI=1S/C43H45N3O13/c47-21-34-37(52)38(53)39(54)43(57,59-34)58-33-19-29-26(18-32(33)50)36-28(41(13-4-1-5-14-41)27-6-2-3-7-31(27)49)12-15-42(36,40(55)56)46(29)35(51)11-9-23-8-10-30(48)24(16-23)17-25-20-44-22-45-25/h2-3,6-12,15-16,18-20,22,28,34,36-39,47-50,52-54,57H,1,4-5,13-14,17,21H2,(H,44,45)(H,55,56)/b11-9+/t28-,34-,36+,37-,38+,39-,42-,43+/m1/s1. The maximum absolute atomic E-state index is 14.7. The van der Waals surface area contributed by atoms with Gasteiger partial charge in [0.15, 0.2) is 23.1 Å². The first-order valence-electron chi connectivity index (χ1n) is 19.4. The fourth-order valence-electron chi connectivity index (χ4n) is 9.69. The molecule has 16 nitrogen and oxygen atoms in total. The highest BCUT2D eigenvalue weighted by molar-refractivity contribution is 6.13. The van der Waals surface area contributed by atoms with Crippen molar-refractivity contribution in [3.05, 3.63) is 113 Å². The van der Waals surface area contributed by atoms with E-state index in [2.05, 4.69) is 9.97 Å². The summed E-state index contributed by atoms with van der Waals surface area (Å²) >= 11 is 0. The summed E-state index contributed by atoms with van der Waals surface area (Å²) in [5, 5.41) is 97.3. The van der Waals surface area contributed by atoms with E-state index in [1.54, 1.807) is 42.6 Å². The van der Waals surface area contributed by atoms with Crippen LogP contribution in [0, 0.1) is 5.92 Å². The van der Waals surface area contributed by atoms with Crippen LogP contribution in [-0.4, -0.2) is 110 Å². The second-order valence-electron chi connectivity index (χ2n) is 15.8.